The van der Waals surface area contributed by atoms with Crippen LogP contribution in [0.4, 0.5) is 0 Å². The Morgan fingerprint density at radius 2 is 2.00 bits per heavy atom. The molecule has 3 nitrogen and oxygen atoms in total. The summed E-state index contributed by atoms with van der Waals surface area (Å²) in [6.07, 6.45) is 0.996. The fourth-order valence-electron chi connectivity index (χ4n) is 1.62. The average Bonchev–Trinajstić information content (AvgIpc) is 2.38. The summed E-state index contributed by atoms with van der Waals surface area (Å²) in [4.78, 5) is 12.0. The van der Waals surface area contributed by atoms with E-state index in [0.717, 1.165) is 12.0 Å². The minimum Gasteiger partial charge on any atom is -0.383 e. The molecule has 94 valence electrons. The van der Waals surface area contributed by atoms with E-state index in [1.54, 1.807) is 7.11 Å². The van der Waals surface area contributed by atoms with E-state index in [1.165, 1.54) is 5.56 Å². The quantitative estimate of drug-likeness (QED) is 0.580. The Kier molecular flexibility index (Phi) is 5.87. The zero-order valence-corrected chi connectivity index (χ0v) is 10.8. The number of benzene rings is 1. The lowest BCUT2D eigenvalue weighted by atomic mass is 10.0. The minimum absolute atomic E-state index is 0.128. The van der Waals surface area contributed by atoms with Crippen molar-refractivity contribution in [2.24, 2.45) is 0 Å². The van der Waals surface area contributed by atoms with Gasteiger partial charge >= 0.3 is 0 Å². The minimum atomic E-state index is -0.169. The normalized spacial score (nSPS) is 12.4. The van der Waals surface area contributed by atoms with Crippen molar-refractivity contribution < 1.29 is 9.53 Å². The van der Waals surface area contributed by atoms with Gasteiger partial charge in [-0.2, -0.15) is 0 Å². The van der Waals surface area contributed by atoms with Crippen LogP contribution in [0.25, 0.3) is 0 Å². The first-order chi connectivity index (χ1) is 8.19. The molecular weight excluding hydrogens is 214 g/mol. The van der Waals surface area contributed by atoms with Crippen LogP contribution in [0.2, 0.25) is 0 Å². The third-order valence-corrected chi connectivity index (χ3v) is 2.80. The van der Waals surface area contributed by atoms with E-state index in [-0.39, 0.29) is 11.8 Å². The maximum absolute atomic E-state index is 12.0. The van der Waals surface area contributed by atoms with Gasteiger partial charge in [-0.1, -0.05) is 31.2 Å². The highest BCUT2D eigenvalue weighted by Crippen LogP contribution is 2.07. The number of nitrogens with one attached hydrogen (secondary N) is 1. The van der Waals surface area contributed by atoms with Crippen LogP contribution in [-0.2, 0) is 11.2 Å². The molecule has 0 aromatic heterocycles. The van der Waals surface area contributed by atoms with Gasteiger partial charge in [-0.05, 0) is 18.9 Å². The summed E-state index contributed by atoms with van der Waals surface area (Å²) in [7, 11) is 1.65. The van der Waals surface area contributed by atoms with Gasteiger partial charge in [0.25, 0.3) is 0 Å². The fourth-order valence-corrected chi connectivity index (χ4v) is 1.62. The lowest BCUT2D eigenvalue weighted by Crippen LogP contribution is -2.36. The molecule has 0 saturated heterocycles. The van der Waals surface area contributed by atoms with Crippen molar-refractivity contribution in [1.29, 1.82) is 0 Å². The molecule has 0 amide bonds. The van der Waals surface area contributed by atoms with Crippen LogP contribution >= 0.6 is 0 Å². The highest BCUT2D eigenvalue weighted by molar-refractivity contribution is 5.99. The predicted molar refractivity (Wildman–Crippen MR) is 69.5 cm³/mol. The third-order valence-electron chi connectivity index (χ3n) is 2.80. The molecule has 1 unspecified atom stereocenters. The summed E-state index contributed by atoms with van der Waals surface area (Å²) in [5.41, 5.74) is 2.01. The summed E-state index contributed by atoms with van der Waals surface area (Å²) in [6.45, 7) is 5.29. The summed E-state index contributed by atoms with van der Waals surface area (Å²) >= 11 is 0. The SMILES string of the molecule is CCc1ccc(C(=O)C(C)NCCOC)cc1. The second-order valence-electron chi connectivity index (χ2n) is 4.08. The zero-order chi connectivity index (χ0) is 12.7. The van der Waals surface area contributed by atoms with Crippen LogP contribution in [-0.4, -0.2) is 32.1 Å². The number of methoxy groups -OCH3 is 1. The van der Waals surface area contributed by atoms with E-state index in [1.807, 2.05) is 31.2 Å². The maximum atomic E-state index is 12.0. The summed E-state index contributed by atoms with van der Waals surface area (Å²) in [5.74, 6) is 0.128. The Balaban J connectivity index is 2.55. The van der Waals surface area contributed by atoms with Crippen molar-refractivity contribution >= 4 is 5.78 Å². The molecule has 0 aliphatic carbocycles. The Hall–Kier alpha value is -1.19. The molecule has 0 radical (unpaired) electrons. The summed E-state index contributed by atoms with van der Waals surface area (Å²) in [5, 5.41) is 3.14. The van der Waals surface area contributed by atoms with Gasteiger partial charge in [-0.3, -0.25) is 4.79 Å². The highest BCUT2D eigenvalue weighted by atomic mass is 16.5. The van der Waals surface area contributed by atoms with Crippen molar-refractivity contribution in [2.45, 2.75) is 26.3 Å². The topological polar surface area (TPSA) is 38.3 Å². The van der Waals surface area contributed by atoms with E-state index in [0.29, 0.717) is 13.2 Å². The molecule has 0 saturated carbocycles. The molecular formula is C14H21NO2. The van der Waals surface area contributed by atoms with Gasteiger partial charge in [0.1, 0.15) is 0 Å². The molecule has 0 fully saturated rings. The van der Waals surface area contributed by atoms with Gasteiger partial charge in [0.15, 0.2) is 5.78 Å². The number of carbonyl (C=O) groups is 1. The lowest BCUT2D eigenvalue weighted by Gasteiger charge is -2.12. The number of ketones is 1. The number of aryl methyl sites for hydroxylation is 1. The van der Waals surface area contributed by atoms with Crippen LogP contribution < -0.4 is 5.32 Å². The number of ether oxygens (including phenoxy) is 1. The van der Waals surface area contributed by atoms with Gasteiger partial charge in [-0.25, -0.2) is 0 Å². The highest BCUT2D eigenvalue weighted by Gasteiger charge is 2.13. The second kappa shape index (κ2) is 7.20. The first kappa shape index (κ1) is 13.9. The third kappa shape index (κ3) is 4.29. The number of Topliss-reactive ketones (excluding diaryl/α,β-unsaturated/α-hetero) is 1. The van der Waals surface area contributed by atoms with Crippen LogP contribution in [0.3, 0.4) is 0 Å². The van der Waals surface area contributed by atoms with Crippen molar-refractivity contribution in [3.63, 3.8) is 0 Å². The zero-order valence-electron chi connectivity index (χ0n) is 10.8. The van der Waals surface area contributed by atoms with Crippen LogP contribution in [0.15, 0.2) is 24.3 Å². The van der Waals surface area contributed by atoms with Crippen molar-refractivity contribution in [2.75, 3.05) is 20.3 Å². The van der Waals surface area contributed by atoms with Gasteiger partial charge in [0, 0.05) is 19.2 Å². The van der Waals surface area contributed by atoms with Crippen molar-refractivity contribution in [3.8, 4) is 0 Å². The molecule has 0 heterocycles. The monoisotopic (exact) mass is 235 g/mol. The number of hydrogen-bond donors (Lipinski definition) is 1. The van der Waals surface area contributed by atoms with E-state index in [9.17, 15) is 4.79 Å². The molecule has 0 aliphatic heterocycles. The maximum Gasteiger partial charge on any atom is 0.179 e. The second-order valence-corrected chi connectivity index (χ2v) is 4.08. The van der Waals surface area contributed by atoms with Crippen LogP contribution in [0.1, 0.15) is 29.8 Å². The van der Waals surface area contributed by atoms with Gasteiger partial charge < -0.3 is 10.1 Å². The first-order valence-corrected chi connectivity index (χ1v) is 6.04. The number of rotatable bonds is 7. The molecule has 0 spiro atoms. The van der Waals surface area contributed by atoms with Gasteiger partial charge in [-0.15, -0.1) is 0 Å². The summed E-state index contributed by atoms with van der Waals surface area (Å²) in [6, 6.07) is 7.65. The van der Waals surface area contributed by atoms with Gasteiger partial charge in [0.05, 0.1) is 12.6 Å². The first-order valence-electron chi connectivity index (χ1n) is 6.04. The number of hydrogen-bond acceptors (Lipinski definition) is 3. The molecule has 1 N–H and O–H groups in total. The summed E-state index contributed by atoms with van der Waals surface area (Å²) < 4.78 is 4.93. The predicted octanol–water partition coefficient (Wildman–Crippen LogP) is 2.06. The molecule has 3 heteroatoms. The molecule has 1 rings (SSSR count). The van der Waals surface area contributed by atoms with E-state index < -0.39 is 0 Å². The van der Waals surface area contributed by atoms with Crippen molar-refractivity contribution in [3.05, 3.63) is 35.4 Å². The van der Waals surface area contributed by atoms with Crippen LogP contribution in [0, 0.1) is 0 Å². The Bertz CT molecular complexity index is 346. The number of carbonyl (C=O) groups excluding carboxylic acids is 1. The lowest BCUT2D eigenvalue weighted by molar-refractivity contribution is 0.0945. The molecule has 0 aliphatic rings. The van der Waals surface area contributed by atoms with Crippen LogP contribution in [0.5, 0.6) is 0 Å². The Morgan fingerprint density at radius 3 is 2.53 bits per heavy atom. The molecule has 1 atom stereocenters. The molecule has 1 aromatic rings. The largest absolute Gasteiger partial charge is 0.383 e. The smallest absolute Gasteiger partial charge is 0.179 e. The molecule has 1 aromatic carbocycles. The van der Waals surface area contributed by atoms with Gasteiger partial charge in [0.2, 0.25) is 0 Å². The van der Waals surface area contributed by atoms with E-state index in [4.69, 9.17) is 4.74 Å². The molecule has 17 heavy (non-hydrogen) atoms. The van der Waals surface area contributed by atoms with Crippen molar-refractivity contribution in [1.82, 2.24) is 5.32 Å². The Morgan fingerprint density at radius 1 is 1.35 bits per heavy atom. The average molecular weight is 235 g/mol. The van der Waals surface area contributed by atoms with E-state index in [2.05, 4.69) is 12.2 Å². The Labute approximate surface area is 103 Å². The fraction of sp³-hybridized carbons (Fsp3) is 0.500. The standard InChI is InChI=1S/C14H21NO2/c1-4-12-5-7-13(8-6-12)14(16)11(2)15-9-10-17-3/h5-8,11,15H,4,9-10H2,1-3H3. The van der Waals surface area contributed by atoms with E-state index >= 15 is 0 Å². The molecule has 0 bridgehead atoms.